The van der Waals surface area contributed by atoms with Gasteiger partial charge in [0.1, 0.15) is 5.75 Å². The van der Waals surface area contributed by atoms with Gasteiger partial charge in [-0.1, -0.05) is 58.4 Å². The van der Waals surface area contributed by atoms with Crippen molar-refractivity contribution in [2.24, 2.45) is 0 Å². The van der Waals surface area contributed by atoms with E-state index in [9.17, 15) is 4.57 Å². The summed E-state index contributed by atoms with van der Waals surface area (Å²) in [5, 5.41) is 0. The van der Waals surface area contributed by atoms with Crippen LogP contribution in [0.2, 0.25) is 0 Å². The Hall–Kier alpha value is -2.24. The van der Waals surface area contributed by atoms with Crippen molar-refractivity contribution in [3.05, 3.63) is 101 Å². The summed E-state index contributed by atoms with van der Waals surface area (Å²) in [6.45, 7) is 0.359. The Morgan fingerprint density at radius 2 is 1.79 bits per heavy atom. The number of rotatable bonds is 8. The number of nitrogens with zero attached hydrogens (tertiary/aromatic N) is 2. The maximum atomic E-state index is 13.2. The molecule has 0 bridgehead atoms. The first kappa shape index (κ1) is 21.5. The number of benzene rings is 2. The summed E-state index contributed by atoms with van der Waals surface area (Å²) in [6, 6.07) is 20.9. The molecule has 5 nitrogen and oxygen atoms in total. The number of likely N-dealkylation sites (N-methyl/N-ethyl adjacent to an activating group) is 1. The van der Waals surface area contributed by atoms with Crippen molar-refractivity contribution in [3.63, 3.8) is 0 Å². The first-order valence-electron chi connectivity index (χ1n) is 9.00. The number of pyridine rings is 1. The highest BCUT2D eigenvalue weighted by molar-refractivity contribution is 9.10. The average molecular weight is 473 g/mol. The summed E-state index contributed by atoms with van der Waals surface area (Å²) in [5.41, 5.74) is 2.99. The molecular weight excluding hydrogens is 451 g/mol. The van der Waals surface area contributed by atoms with Gasteiger partial charge in [-0.05, 0) is 48.5 Å². The van der Waals surface area contributed by atoms with Crippen LogP contribution in [0, 0.1) is 0 Å². The molecule has 0 aliphatic rings. The van der Waals surface area contributed by atoms with Crippen LogP contribution in [-0.2, 0) is 9.09 Å². The zero-order chi connectivity index (χ0) is 20.7. The van der Waals surface area contributed by atoms with E-state index < -0.39 is 7.75 Å². The van der Waals surface area contributed by atoms with Gasteiger partial charge >= 0.3 is 7.75 Å². The standard InChI is InChI=1S/C22H22BrN2O3P/c1-25(29(26,27-2)28-21-8-4-3-5-9-21)16-14-22(19-7-6-15-24-17-19)18-10-12-20(23)13-11-18/h3-15,17H,16H2,1-2H3. The van der Waals surface area contributed by atoms with Crippen LogP contribution in [0.3, 0.4) is 0 Å². The van der Waals surface area contributed by atoms with Crippen molar-refractivity contribution in [2.75, 3.05) is 20.7 Å². The molecule has 29 heavy (non-hydrogen) atoms. The Balaban J connectivity index is 1.87. The van der Waals surface area contributed by atoms with Gasteiger partial charge in [-0.2, -0.15) is 4.67 Å². The van der Waals surface area contributed by atoms with Gasteiger partial charge in [0.05, 0.1) is 0 Å². The molecule has 1 aromatic heterocycles. The van der Waals surface area contributed by atoms with Gasteiger partial charge in [0, 0.05) is 36.1 Å². The van der Waals surface area contributed by atoms with Gasteiger partial charge in [0.15, 0.2) is 0 Å². The van der Waals surface area contributed by atoms with Crippen molar-refractivity contribution < 1.29 is 13.6 Å². The van der Waals surface area contributed by atoms with Crippen LogP contribution in [0.4, 0.5) is 0 Å². The summed E-state index contributed by atoms with van der Waals surface area (Å²) >= 11 is 3.47. The van der Waals surface area contributed by atoms with E-state index in [4.69, 9.17) is 9.05 Å². The monoisotopic (exact) mass is 472 g/mol. The lowest BCUT2D eigenvalue weighted by atomic mass is 9.99. The van der Waals surface area contributed by atoms with E-state index in [1.165, 1.54) is 7.11 Å². The van der Waals surface area contributed by atoms with E-state index >= 15 is 0 Å². The number of halogens is 1. The zero-order valence-corrected chi connectivity index (χ0v) is 18.7. The minimum atomic E-state index is -3.49. The van der Waals surface area contributed by atoms with E-state index in [1.54, 1.807) is 30.0 Å². The molecular formula is C22H22BrN2O3P. The molecule has 0 saturated carbocycles. The molecule has 1 unspecified atom stereocenters. The van der Waals surface area contributed by atoms with Gasteiger partial charge in [0.2, 0.25) is 0 Å². The van der Waals surface area contributed by atoms with Crippen LogP contribution < -0.4 is 4.52 Å². The highest BCUT2D eigenvalue weighted by Gasteiger charge is 2.30. The molecule has 0 amide bonds. The largest absolute Gasteiger partial charge is 0.461 e. The van der Waals surface area contributed by atoms with E-state index in [2.05, 4.69) is 20.9 Å². The smallest absolute Gasteiger partial charge is 0.413 e. The summed E-state index contributed by atoms with van der Waals surface area (Å²) < 4.78 is 26.8. The molecule has 0 aliphatic carbocycles. The van der Waals surface area contributed by atoms with Crippen LogP contribution in [0.25, 0.3) is 5.57 Å². The van der Waals surface area contributed by atoms with Crippen LogP contribution >= 0.6 is 23.7 Å². The molecule has 1 heterocycles. The third-order valence-corrected chi connectivity index (χ3v) is 6.73. The van der Waals surface area contributed by atoms with Crippen LogP contribution in [-0.4, -0.2) is 30.4 Å². The van der Waals surface area contributed by atoms with Gasteiger partial charge in [0.25, 0.3) is 0 Å². The molecule has 1 atom stereocenters. The minimum Gasteiger partial charge on any atom is -0.413 e. The van der Waals surface area contributed by atoms with Crippen LogP contribution in [0.5, 0.6) is 5.75 Å². The Labute approximate surface area is 179 Å². The quantitative estimate of drug-likeness (QED) is 0.374. The van der Waals surface area contributed by atoms with Crippen molar-refractivity contribution >= 4 is 29.2 Å². The second-order valence-electron chi connectivity index (χ2n) is 6.26. The van der Waals surface area contributed by atoms with E-state index in [0.29, 0.717) is 12.3 Å². The molecule has 2 aromatic carbocycles. The lowest BCUT2D eigenvalue weighted by molar-refractivity contribution is 0.266. The van der Waals surface area contributed by atoms with Crippen molar-refractivity contribution in [3.8, 4) is 5.75 Å². The average Bonchev–Trinajstić information content (AvgIpc) is 2.76. The maximum absolute atomic E-state index is 13.2. The molecule has 0 radical (unpaired) electrons. The predicted octanol–water partition coefficient (Wildman–Crippen LogP) is 6.04. The van der Waals surface area contributed by atoms with E-state index in [1.807, 2.05) is 66.9 Å². The molecule has 7 heteroatoms. The van der Waals surface area contributed by atoms with Gasteiger partial charge in [-0.25, -0.2) is 4.57 Å². The fourth-order valence-electron chi connectivity index (χ4n) is 2.74. The van der Waals surface area contributed by atoms with E-state index in [0.717, 1.165) is 21.2 Å². The highest BCUT2D eigenvalue weighted by Crippen LogP contribution is 2.50. The Morgan fingerprint density at radius 3 is 2.41 bits per heavy atom. The molecule has 0 N–H and O–H groups in total. The minimum absolute atomic E-state index is 0.359. The second-order valence-corrected chi connectivity index (χ2v) is 9.35. The highest BCUT2D eigenvalue weighted by atomic mass is 79.9. The van der Waals surface area contributed by atoms with Crippen LogP contribution in [0.1, 0.15) is 11.1 Å². The predicted molar refractivity (Wildman–Crippen MR) is 120 cm³/mol. The molecule has 3 rings (SSSR count). The first-order chi connectivity index (χ1) is 14.0. The van der Waals surface area contributed by atoms with Crippen molar-refractivity contribution in [2.45, 2.75) is 0 Å². The summed E-state index contributed by atoms with van der Waals surface area (Å²) in [5.74, 6) is 0.494. The fourth-order valence-corrected chi connectivity index (χ4v) is 4.17. The first-order valence-corrected chi connectivity index (χ1v) is 11.3. The molecule has 0 spiro atoms. The Morgan fingerprint density at radius 1 is 1.07 bits per heavy atom. The zero-order valence-electron chi connectivity index (χ0n) is 16.2. The molecule has 150 valence electrons. The topological polar surface area (TPSA) is 51.7 Å². The lowest BCUT2D eigenvalue weighted by Gasteiger charge is -2.25. The Kier molecular flexibility index (Phi) is 7.40. The summed E-state index contributed by atoms with van der Waals surface area (Å²) in [4.78, 5) is 4.23. The number of hydrogen-bond donors (Lipinski definition) is 0. The molecule has 0 aliphatic heterocycles. The van der Waals surface area contributed by atoms with Crippen LogP contribution in [0.15, 0.2) is 89.7 Å². The van der Waals surface area contributed by atoms with Gasteiger partial charge < -0.3 is 4.52 Å². The van der Waals surface area contributed by atoms with Gasteiger partial charge in [-0.3, -0.25) is 9.51 Å². The lowest BCUT2D eigenvalue weighted by Crippen LogP contribution is -2.20. The van der Waals surface area contributed by atoms with Gasteiger partial charge in [-0.15, -0.1) is 0 Å². The normalized spacial score (nSPS) is 13.9. The summed E-state index contributed by atoms with van der Waals surface area (Å²) in [6.07, 6.45) is 5.55. The number of para-hydroxylation sites is 1. The second kappa shape index (κ2) is 9.99. The SMILES string of the molecule is COP(=O)(Oc1ccccc1)N(C)CC=C(c1ccc(Br)cc1)c1cccnc1. The summed E-state index contributed by atoms with van der Waals surface area (Å²) in [7, 11) is -0.391. The fraction of sp³-hybridized carbons (Fsp3) is 0.136. The molecule has 3 aromatic rings. The Bertz CT molecular complexity index is 996. The van der Waals surface area contributed by atoms with Crippen molar-refractivity contribution in [1.29, 1.82) is 0 Å². The van der Waals surface area contributed by atoms with E-state index in [-0.39, 0.29) is 0 Å². The number of hydrogen-bond acceptors (Lipinski definition) is 4. The maximum Gasteiger partial charge on any atom is 0.461 e. The third-order valence-electron chi connectivity index (χ3n) is 4.30. The molecule has 0 saturated heterocycles. The molecule has 0 fully saturated rings. The number of aromatic nitrogens is 1. The third kappa shape index (κ3) is 5.64. The van der Waals surface area contributed by atoms with Crippen molar-refractivity contribution in [1.82, 2.24) is 9.65 Å².